The van der Waals surface area contributed by atoms with Crippen LogP contribution in [0, 0.1) is 11.7 Å². The van der Waals surface area contributed by atoms with Gasteiger partial charge in [0.25, 0.3) is 0 Å². The fourth-order valence-electron chi connectivity index (χ4n) is 3.18. The summed E-state index contributed by atoms with van der Waals surface area (Å²) in [6.07, 6.45) is 0.335. The number of urea groups is 1. The van der Waals surface area contributed by atoms with Crippen LogP contribution in [0.15, 0.2) is 42.5 Å². The van der Waals surface area contributed by atoms with E-state index < -0.39 is 0 Å². The van der Waals surface area contributed by atoms with E-state index in [1.165, 1.54) is 12.1 Å². The van der Waals surface area contributed by atoms with Gasteiger partial charge in [0.15, 0.2) is 11.5 Å². The van der Waals surface area contributed by atoms with E-state index in [1.54, 1.807) is 35.2 Å². The molecule has 0 bridgehead atoms. The van der Waals surface area contributed by atoms with Crippen LogP contribution >= 0.6 is 0 Å². The molecule has 2 aromatic rings. The zero-order valence-electron chi connectivity index (χ0n) is 14.4. The number of nitrogens with zero attached hydrogens (tertiary/aromatic N) is 1. The maximum Gasteiger partial charge on any atom is 0.319 e. The molecule has 0 radical (unpaired) electrons. The van der Waals surface area contributed by atoms with Crippen molar-refractivity contribution >= 4 is 23.3 Å². The molecule has 7 nitrogen and oxygen atoms in total. The largest absolute Gasteiger partial charge is 0.454 e. The van der Waals surface area contributed by atoms with Gasteiger partial charge in [-0.3, -0.25) is 4.79 Å². The van der Waals surface area contributed by atoms with Crippen molar-refractivity contribution in [3.05, 3.63) is 48.3 Å². The van der Waals surface area contributed by atoms with E-state index in [0.29, 0.717) is 42.4 Å². The molecule has 140 valence electrons. The summed E-state index contributed by atoms with van der Waals surface area (Å²) in [6.45, 7) is 1.01. The van der Waals surface area contributed by atoms with E-state index in [1.807, 2.05) is 0 Å². The molecule has 2 aliphatic rings. The minimum Gasteiger partial charge on any atom is -0.454 e. The average molecular weight is 371 g/mol. The lowest BCUT2D eigenvalue weighted by molar-refractivity contribution is -0.117. The lowest BCUT2D eigenvalue weighted by Crippen LogP contribution is -2.34. The van der Waals surface area contributed by atoms with Crippen molar-refractivity contribution in [3.8, 4) is 11.5 Å². The van der Waals surface area contributed by atoms with Crippen LogP contribution in [0.1, 0.15) is 6.42 Å². The molecule has 1 atom stereocenters. The van der Waals surface area contributed by atoms with E-state index in [4.69, 9.17) is 9.47 Å². The summed E-state index contributed by atoms with van der Waals surface area (Å²) >= 11 is 0. The highest BCUT2D eigenvalue weighted by Gasteiger charge is 2.30. The Balaban J connectivity index is 1.29. The highest BCUT2D eigenvalue weighted by molar-refractivity contribution is 5.96. The summed E-state index contributed by atoms with van der Waals surface area (Å²) < 4.78 is 23.5. The number of halogens is 1. The lowest BCUT2D eigenvalue weighted by Gasteiger charge is -2.17. The Kier molecular flexibility index (Phi) is 4.53. The maximum atomic E-state index is 13.0. The molecular weight excluding hydrogens is 353 g/mol. The molecule has 2 heterocycles. The third-order valence-electron chi connectivity index (χ3n) is 4.53. The van der Waals surface area contributed by atoms with Gasteiger partial charge in [-0.1, -0.05) is 0 Å². The molecule has 0 aliphatic carbocycles. The Morgan fingerprint density at radius 3 is 2.74 bits per heavy atom. The highest BCUT2D eigenvalue weighted by Crippen LogP contribution is 2.34. The number of benzene rings is 2. The number of amides is 3. The normalized spacial score (nSPS) is 17.9. The van der Waals surface area contributed by atoms with E-state index in [9.17, 15) is 14.0 Å². The summed E-state index contributed by atoms with van der Waals surface area (Å²) in [5.41, 5.74) is 1.25. The van der Waals surface area contributed by atoms with Crippen LogP contribution in [-0.2, 0) is 4.79 Å². The van der Waals surface area contributed by atoms with Gasteiger partial charge < -0.3 is 25.0 Å². The number of fused-ring (bicyclic) bond motifs is 1. The molecule has 1 unspecified atom stereocenters. The topological polar surface area (TPSA) is 79.9 Å². The van der Waals surface area contributed by atoms with Crippen molar-refractivity contribution < 1.29 is 23.5 Å². The summed E-state index contributed by atoms with van der Waals surface area (Å²) in [5.74, 6) is 0.842. The quantitative estimate of drug-likeness (QED) is 0.866. The third-order valence-corrected chi connectivity index (χ3v) is 4.53. The molecule has 0 saturated carbocycles. The second-order valence-electron chi connectivity index (χ2n) is 6.45. The molecule has 1 saturated heterocycles. The number of nitrogens with one attached hydrogen (secondary N) is 2. The van der Waals surface area contributed by atoms with E-state index >= 15 is 0 Å². The molecule has 0 spiro atoms. The van der Waals surface area contributed by atoms with Crippen molar-refractivity contribution in [2.45, 2.75) is 6.42 Å². The Morgan fingerprint density at radius 1 is 1.15 bits per heavy atom. The first kappa shape index (κ1) is 17.1. The Bertz CT molecular complexity index is 872. The first-order valence-electron chi connectivity index (χ1n) is 8.59. The molecule has 1 fully saturated rings. The van der Waals surface area contributed by atoms with Crippen molar-refractivity contribution in [2.24, 2.45) is 5.92 Å². The van der Waals surface area contributed by atoms with Crippen molar-refractivity contribution in [2.75, 3.05) is 30.1 Å². The zero-order valence-corrected chi connectivity index (χ0v) is 14.4. The van der Waals surface area contributed by atoms with Gasteiger partial charge in [-0.2, -0.15) is 0 Å². The number of carbonyl (C=O) groups excluding carboxylic acids is 2. The minimum absolute atomic E-state index is 0.00921. The number of carbonyl (C=O) groups is 2. The SMILES string of the molecule is O=C(NCC1CC(=O)N(c2ccc(F)cc2)C1)Nc1ccc2c(c1)OCO2. The van der Waals surface area contributed by atoms with Crippen LogP contribution in [0.5, 0.6) is 11.5 Å². The van der Waals surface area contributed by atoms with Crippen LogP contribution in [0.3, 0.4) is 0 Å². The Morgan fingerprint density at radius 2 is 1.93 bits per heavy atom. The molecule has 27 heavy (non-hydrogen) atoms. The molecule has 2 aromatic carbocycles. The van der Waals surface area contributed by atoms with Gasteiger partial charge >= 0.3 is 6.03 Å². The van der Waals surface area contributed by atoms with Crippen LogP contribution in [0.2, 0.25) is 0 Å². The first-order valence-corrected chi connectivity index (χ1v) is 8.59. The zero-order chi connectivity index (χ0) is 18.8. The summed E-state index contributed by atoms with van der Waals surface area (Å²) in [4.78, 5) is 25.9. The van der Waals surface area contributed by atoms with E-state index in [-0.39, 0.29) is 30.5 Å². The summed E-state index contributed by atoms with van der Waals surface area (Å²) in [7, 11) is 0. The standard InChI is InChI=1S/C19H18FN3O4/c20-13-1-4-15(5-2-13)23-10-12(7-18(23)24)9-21-19(25)22-14-3-6-16-17(8-14)27-11-26-16/h1-6,8,12H,7,9-11H2,(H2,21,22,25). The molecule has 4 rings (SSSR count). The smallest absolute Gasteiger partial charge is 0.319 e. The van der Waals surface area contributed by atoms with Gasteiger partial charge in [0, 0.05) is 42.9 Å². The van der Waals surface area contributed by atoms with Crippen molar-refractivity contribution in [1.82, 2.24) is 5.32 Å². The third kappa shape index (κ3) is 3.79. The minimum atomic E-state index is -0.360. The van der Waals surface area contributed by atoms with Crippen molar-refractivity contribution in [3.63, 3.8) is 0 Å². The predicted molar refractivity (Wildman–Crippen MR) is 96.4 cm³/mol. The van der Waals surface area contributed by atoms with Crippen LogP contribution in [-0.4, -0.2) is 31.8 Å². The predicted octanol–water partition coefficient (Wildman–Crippen LogP) is 2.73. The van der Waals surface area contributed by atoms with Crippen LogP contribution in [0.4, 0.5) is 20.6 Å². The van der Waals surface area contributed by atoms with Gasteiger partial charge in [-0.15, -0.1) is 0 Å². The fraction of sp³-hybridized carbons (Fsp3) is 0.263. The molecule has 2 N–H and O–H groups in total. The maximum absolute atomic E-state index is 13.0. The van der Waals surface area contributed by atoms with Gasteiger partial charge in [-0.25, -0.2) is 9.18 Å². The van der Waals surface area contributed by atoms with Gasteiger partial charge in [0.1, 0.15) is 5.82 Å². The molecule has 0 aromatic heterocycles. The summed E-state index contributed by atoms with van der Waals surface area (Å²) in [6, 6.07) is 10.6. The van der Waals surface area contributed by atoms with Gasteiger partial charge in [0.05, 0.1) is 0 Å². The number of rotatable bonds is 4. The Hall–Kier alpha value is -3.29. The molecule has 2 aliphatic heterocycles. The molecular formula is C19H18FN3O4. The van der Waals surface area contributed by atoms with Gasteiger partial charge in [0.2, 0.25) is 12.7 Å². The van der Waals surface area contributed by atoms with E-state index in [2.05, 4.69) is 10.6 Å². The number of anilines is 2. The van der Waals surface area contributed by atoms with E-state index in [0.717, 1.165) is 0 Å². The second kappa shape index (κ2) is 7.14. The number of hydrogen-bond acceptors (Lipinski definition) is 4. The van der Waals surface area contributed by atoms with Crippen molar-refractivity contribution in [1.29, 1.82) is 0 Å². The Labute approximate surface area is 155 Å². The highest BCUT2D eigenvalue weighted by atomic mass is 19.1. The van der Waals surface area contributed by atoms with Gasteiger partial charge in [-0.05, 0) is 36.4 Å². The number of ether oxygens (including phenoxy) is 2. The lowest BCUT2D eigenvalue weighted by atomic mass is 10.1. The summed E-state index contributed by atoms with van der Waals surface area (Å²) in [5, 5.41) is 5.51. The first-order chi connectivity index (χ1) is 13.1. The second-order valence-corrected chi connectivity index (χ2v) is 6.45. The van der Waals surface area contributed by atoms with Crippen LogP contribution < -0.4 is 25.0 Å². The molecule has 8 heteroatoms. The monoisotopic (exact) mass is 371 g/mol. The fourth-order valence-corrected chi connectivity index (χ4v) is 3.18. The molecule has 3 amide bonds. The average Bonchev–Trinajstić information content (AvgIpc) is 3.26. The number of hydrogen-bond donors (Lipinski definition) is 2. The van der Waals surface area contributed by atoms with Crippen LogP contribution in [0.25, 0.3) is 0 Å².